The molecule has 0 spiro atoms. The van der Waals surface area contributed by atoms with Crippen molar-refractivity contribution in [3.8, 4) is 0 Å². The fraction of sp³-hybridized carbons (Fsp3) is 0.667. The van der Waals surface area contributed by atoms with Crippen LogP contribution in [0.5, 0.6) is 0 Å². The van der Waals surface area contributed by atoms with Crippen LogP contribution in [0.3, 0.4) is 0 Å². The van der Waals surface area contributed by atoms with Gasteiger partial charge in [0.1, 0.15) is 6.04 Å². The standard InChI is InChI=1S/C15H24N2OS/c1-11(2)12-5-3-8-17(9-7-12)15(18)14(16)13-6-4-10-19-13/h4,6,10-12,14H,3,5,7-9,16H2,1-2H3. The van der Waals surface area contributed by atoms with Gasteiger partial charge in [-0.05, 0) is 42.5 Å². The zero-order valence-corrected chi connectivity index (χ0v) is 12.7. The van der Waals surface area contributed by atoms with Crippen LogP contribution in [0.1, 0.15) is 44.0 Å². The van der Waals surface area contributed by atoms with Crippen LogP contribution in [0, 0.1) is 11.8 Å². The Morgan fingerprint density at radius 1 is 1.42 bits per heavy atom. The number of rotatable bonds is 3. The summed E-state index contributed by atoms with van der Waals surface area (Å²) < 4.78 is 0. The summed E-state index contributed by atoms with van der Waals surface area (Å²) >= 11 is 1.56. The predicted octanol–water partition coefficient (Wildman–Crippen LogP) is 3.03. The molecule has 106 valence electrons. The largest absolute Gasteiger partial charge is 0.341 e. The minimum absolute atomic E-state index is 0.0897. The van der Waals surface area contributed by atoms with Crippen LogP contribution in [0.2, 0.25) is 0 Å². The van der Waals surface area contributed by atoms with E-state index in [9.17, 15) is 4.79 Å². The van der Waals surface area contributed by atoms with E-state index >= 15 is 0 Å². The van der Waals surface area contributed by atoms with Gasteiger partial charge in [-0.15, -0.1) is 11.3 Å². The lowest BCUT2D eigenvalue weighted by atomic mass is 9.89. The molecule has 0 bridgehead atoms. The fourth-order valence-electron chi connectivity index (χ4n) is 2.80. The molecular formula is C15H24N2OS. The minimum atomic E-state index is -0.476. The molecular weight excluding hydrogens is 256 g/mol. The highest BCUT2D eigenvalue weighted by atomic mass is 32.1. The van der Waals surface area contributed by atoms with E-state index in [-0.39, 0.29) is 5.91 Å². The number of hydrogen-bond donors (Lipinski definition) is 1. The molecule has 2 rings (SSSR count). The summed E-state index contributed by atoms with van der Waals surface area (Å²) in [5.74, 6) is 1.55. The van der Waals surface area contributed by atoms with Crippen molar-refractivity contribution in [2.45, 2.75) is 39.2 Å². The first kappa shape index (κ1) is 14.5. The molecule has 1 aliphatic rings. The molecule has 1 fully saturated rings. The van der Waals surface area contributed by atoms with Gasteiger partial charge in [-0.1, -0.05) is 19.9 Å². The Balaban J connectivity index is 1.96. The molecule has 0 saturated carbocycles. The number of carbonyl (C=O) groups excluding carboxylic acids is 1. The summed E-state index contributed by atoms with van der Waals surface area (Å²) in [6.45, 7) is 6.28. The van der Waals surface area contributed by atoms with E-state index in [1.165, 1.54) is 6.42 Å². The predicted molar refractivity (Wildman–Crippen MR) is 80.0 cm³/mol. The number of nitrogens with zero attached hydrogens (tertiary/aromatic N) is 1. The molecule has 4 heteroatoms. The van der Waals surface area contributed by atoms with Gasteiger partial charge in [0.2, 0.25) is 5.91 Å². The van der Waals surface area contributed by atoms with Crippen molar-refractivity contribution in [1.82, 2.24) is 4.90 Å². The molecule has 2 N–H and O–H groups in total. The summed E-state index contributed by atoms with van der Waals surface area (Å²) in [4.78, 5) is 15.4. The monoisotopic (exact) mass is 280 g/mol. The van der Waals surface area contributed by atoms with E-state index in [0.29, 0.717) is 5.92 Å². The number of amides is 1. The molecule has 0 aromatic carbocycles. The first-order valence-corrected chi connectivity index (χ1v) is 8.05. The quantitative estimate of drug-likeness (QED) is 0.925. The molecule has 0 radical (unpaired) electrons. The van der Waals surface area contributed by atoms with Gasteiger partial charge in [0.05, 0.1) is 0 Å². The number of carbonyl (C=O) groups is 1. The molecule has 2 atom stereocenters. The van der Waals surface area contributed by atoms with Crippen molar-refractivity contribution >= 4 is 17.2 Å². The highest BCUT2D eigenvalue weighted by Gasteiger charge is 2.26. The fourth-order valence-corrected chi connectivity index (χ4v) is 3.51. The lowest BCUT2D eigenvalue weighted by Crippen LogP contribution is -2.39. The Morgan fingerprint density at radius 2 is 2.21 bits per heavy atom. The van der Waals surface area contributed by atoms with Gasteiger partial charge < -0.3 is 10.6 Å². The Labute approximate surface area is 119 Å². The lowest BCUT2D eigenvalue weighted by molar-refractivity contribution is -0.132. The third-order valence-electron chi connectivity index (χ3n) is 4.14. The second-order valence-corrected chi connectivity index (χ2v) is 6.73. The zero-order valence-electron chi connectivity index (χ0n) is 11.8. The average Bonchev–Trinajstić information content (AvgIpc) is 2.80. The molecule has 0 aliphatic carbocycles. The first-order valence-electron chi connectivity index (χ1n) is 7.17. The SMILES string of the molecule is CC(C)C1CCCN(C(=O)C(N)c2cccs2)CC1. The van der Waals surface area contributed by atoms with Crippen molar-refractivity contribution < 1.29 is 4.79 Å². The molecule has 1 saturated heterocycles. The topological polar surface area (TPSA) is 46.3 Å². The van der Waals surface area contributed by atoms with Crippen molar-refractivity contribution in [1.29, 1.82) is 0 Å². The molecule has 3 nitrogen and oxygen atoms in total. The van der Waals surface area contributed by atoms with Crippen molar-refractivity contribution in [2.24, 2.45) is 17.6 Å². The van der Waals surface area contributed by atoms with Gasteiger partial charge in [0.25, 0.3) is 0 Å². The third kappa shape index (κ3) is 3.57. The summed E-state index contributed by atoms with van der Waals surface area (Å²) in [5.41, 5.74) is 6.08. The first-order chi connectivity index (χ1) is 9.09. The maximum atomic E-state index is 12.4. The summed E-state index contributed by atoms with van der Waals surface area (Å²) in [6.07, 6.45) is 3.45. The van der Waals surface area contributed by atoms with Crippen molar-refractivity contribution in [3.05, 3.63) is 22.4 Å². The van der Waals surface area contributed by atoms with Crippen LogP contribution in [-0.2, 0) is 4.79 Å². The van der Waals surface area contributed by atoms with Crippen LogP contribution in [0.15, 0.2) is 17.5 Å². The Bertz CT molecular complexity index is 402. The van der Waals surface area contributed by atoms with E-state index in [2.05, 4.69) is 13.8 Å². The Kier molecular flexibility index (Phi) is 4.99. The molecule has 1 aromatic heterocycles. The van der Waals surface area contributed by atoms with E-state index in [1.807, 2.05) is 22.4 Å². The molecule has 1 amide bonds. The van der Waals surface area contributed by atoms with Gasteiger partial charge in [0, 0.05) is 18.0 Å². The van der Waals surface area contributed by atoms with E-state index in [4.69, 9.17) is 5.73 Å². The highest BCUT2D eigenvalue weighted by molar-refractivity contribution is 7.10. The molecule has 1 aromatic rings. The van der Waals surface area contributed by atoms with Crippen LogP contribution >= 0.6 is 11.3 Å². The summed E-state index contributed by atoms with van der Waals surface area (Å²) in [7, 11) is 0. The number of nitrogens with two attached hydrogens (primary N) is 1. The van der Waals surface area contributed by atoms with Gasteiger partial charge in [0.15, 0.2) is 0 Å². The number of likely N-dealkylation sites (tertiary alicyclic amines) is 1. The maximum absolute atomic E-state index is 12.4. The normalized spacial score (nSPS) is 22.3. The van der Waals surface area contributed by atoms with E-state index in [1.54, 1.807) is 11.3 Å². The van der Waals surface area contributed by atoms with Crippen LogP contribution in [0.25, 0.3) is 0 Å². The summed E-state index contributed by atoms with van der Waals surface area (Å²) in [6, 6.07) is 3.42. The van der Waals surface area contributed by atoms with Crippen LogP contribution < -0.4 is 5.73 Å². The number of thiophene rings is 1. The highest BCUT2D eigenvalue weighted by Crippen LogP contribution is 2.26. The van der Waals surface area contributed by atoms with Gasteiger partial charge in [-0.2, -0.15) is 0 Å². The molecule has 19 heavy (non-hydrogen) atoms. The Morgan fingerprint density at radius 3 is 2.84 bits per heavy atom. The van der Waals surface area contributed by atoms with Gasteiger partial charge >= 0.3 is 0 Å². The molecule has 2 heterocycles. The van der Waals surface area contributed by atoms with Crippen molar-refractivity contribution in [2.75, 3.05) is 13.1 Å². The van der Waals surface area contributed by atoms with E-state index in [0.717, 1.165) is 36.7 Å². The minimum Gasteiger partial charge on any atom is -0.341 e. The van der Waals surface area contributed by atoms with Crippen LogP contribution in [-0.4, -0.2) is 23.9 Å². The van der Waals surface area contributed by atoms with Gasteiger partial charge in [-0.3, -0.25) is 4.79 Å². The van der Waals surface area contributed by atoms with Crippen LogP contribution in [0.4, 0.5) is 0 Å². The second kappa shape index (κ2) is 6.53. The maximum Gasteiger partial charge on any atom is 0.244 e. The van der Waals surface area contributed by atoms with Crippen molar-refractivity contribution in [3.63, 3.8) is 0 Å². The summed E-state index contributed by atoms with van der Waals surface area (Å²) in [5, 5.41) is 1.97. The third-order valence-corrected chi connectivity index (χ3v) is 5.10. The average molecular weight is 280 g/mol. The lowest BCUT2D eigenvalue weighted by Gasteiger charge is -2.24. The molecule has 1 aliphatic heterocycles. The Hall–Kier alpha value is -0.870. The van der Waals surface area contributed by atoms with Gasteiger partial charge in [-0.25, -0.2) is 0 Å². The number of hydrogen-bond acceptors (Lipinski definition) is 3. The second-order valence-electron chi connectivity index (χ2n) is 5.75. The smallest absolute Gasteiger partial charge is 0.244 e. The van der Waals surface area contributed by atoms with E-state index < -0.39 is 6.04 Å². The zero-order chi connectivity index (χ0) is 13.8. The molecule has 2 unspecified atom stereocenters.